The fourth-order valence-electron chi connectivity index (χ4n) is 8.48. The summed E-state index contributed by atoms with van der Waals surface area (Å²) in [5, 5.41) is 10.1. The first-order chi connectivity index (χ1) is 19.1. The number of rotatable bonds is 13. The molecule has 1 saturated heterocycles. The number of fused-ring (bicyclic) bond motifs is 6. The van der Waals surface area contributed by atoms with Crippen LogP contribution in [0, 0.1) is 28.6 Å². The highest BCUT2D eigenvalue weighted by Gasteiger charge is 2.54. The topological polar surface area (TPSA) is 76.0 Å². The Morgan fingerprint density at radius 3 is 2.73 bits per heavy atom. The third-order valence-electron chi connectivity index (χ3n) is 11.0. The van der Waals surface area contributed by atoms with E-state index in [4.69, 9.17) is 9.84 Å². The molecule has 0 aromatic carbocycles. The van der Waals surface area contributed by atoms with Crippen molar-refractivity contribution in [1.82, 2.24) is 0 Å². The van der Waals surface area contributed by atoms with Crippen LogP contribution in [-0.4, -0.2) is 46.4 Å². The zero-order chi connectivity index (χ0) is 28.8. The van der Waals surface area contributed by atoms with Crippen LogP contribution >= 0.6 is 11.8 Å². The van der Waals surface area contributed by atoms with Gasteiger partial charge in [-0.05, 0) is 100 Å². The van der Waals surface area contributed by atoms with E-state index in [0.29, 0.717) is 23.5 Å². The Balaban J connectivity index is 1.30. The van der Waals surface area contributed by atoms with E-state index in [2.05, 4.69) is 50.5 Å². The fraction of sp³-hybridized carbons (Fsp3) is 0.853. The van der Waals surface area contributed by atoms with Crippen molar-refractivity contribution in [3.8, 4) is 0 Å². The van der Waals surface area contributed by atoms with E-state index in [9.17, 15) is 9.59 Å². The quantitative estimate of drug-likeness (QED) is 0.103. The van der Waals surface area contributed by atoms with Crippen LogP contribution in [0.15, 0.2) is 16.6 Å². The van der Waals surface area contributed by atoms with Crippen molar-refractivity contribution in [1.29, 1.82) is 0 Å². The van der Waals surface area contributed by atoms with Gasteiger partial charge in [0.05, 0.1) is 0 Å². The van der Waals surface area contributed by atoms with Crippen LogP contribution in [-0.2, 0) is 14.3 Å². The van der Waals surface area contributed by atoms with Crippen molar-refractivity contribution in [2.45, 2.75) is 147 Å². The number of hydrogen-bond donors (Lipinski definition) is 1. The van der Waals surface area contributed by atoms with Crippen molar-refractivity contribution in [3.63, 3.8) is 0 Å². The predicted molar refractivity (Wildman–Crippen MR) is 166 cm³/mol. The van der Waals surface area contributed by atoms with Gasteiger partial charge in [0.25, 0.3) is 0 Å². The van der Waals surface area contributed by atoms with E-state index in [1.165, 1.54) is 57.8 Å². The zero-order valence-corrected chi connectivity index (χ0v) is 26.5. The van der Waals surface area contributed by atoms with Crippen LogP contribution in [0.2, 0.25) is 0 Å². The van der Waals surface area contributed by atoms with Crippen LogP contribution in [0.5, 0.6) is 0 Å². The van der Waals surface area contributed by atoms with Crippen LogP contribution in [0.25, 0.3) is 0 Å². The van der Waals surface area contributed by atoms with Gasteiger partial charge in [0.1, 0.15) is 12.6 Å². The molecular weight excluding hydrogens is 518 g/mol. The molecule has 1 N–H and O–H groups in total. The molecule has 0 spiro atoms. The summed E-state index contributed by atoms with van der Waals surface area (Å²) in [6, 6.07) is 0. The highest BCUT2D eigenvalue weighted by molar-refractivity contribution is 8.00. The van der Waals surface area contributed by atoms with Gasteiger partial charge in [-0.2, -0.15) is 11.8 Å². The van der Waals surface area contributed by atoms with E-state index < -0.39 is 5.97 Å². The Labute approximate surface area is 247 Å². The summed E-state index contributed by atoms with van der Waals surface area (Å²) in [7, 11) is 0. The molecule has 0 amide bonds. The van der Waals surface area contributed by atoms with E-state index in [0.717, 1.165) is 48.7 Å². The van der Waals surface area contributed by atoms with Crippen LogP contribution in [0.4, 0.5) is 0 Å². The Hall–Kier alpha value is -1.30. The van der Waals surface area contributed by atoms with Crippen molar-refractivity contribution in [2.75, 3.05) is 6.54 Å². The second-order valence-electron chi connectivity index (χ2n) is 14.2. The smallest absolute Gasteiger partial charge is 0.327 e. The number of aliphatic carboxylic acids is 1. The lowest BCUT2D eigenvalue weighted by molar-refractivity contribution is -0.148. The maximum atomic E-state index is 12.5. The first-order valence-electron chi connectivity index (χ1n) is 16.4. The number of unbranched alkanes of at least 4 members (excludes halogenated alkanes) is 3. The Morgan fingerprint density at radius 1 is 1.12 bits per heavy atom. The van der Waals surface area contributed by atoms with Gasteiger partial charge in [0, 0.05) is 28.8 Å². The summed E-state index contributed by atoms with van der Waals surface area (Å²) in [5.74, 6) is 1.57. The molecule has 2 bridgehead atoms. The number of carboxylic acid groups (broad SMARTS) is 1. The van der Waals surface area contributed by atoms with Crippen molar-refractivity contribution < 1.29 is 19.4 Å². The van der Waals surface area contributed by atoms with Crippen LogP contribution < -0.4 is 0 Å². The molecule has 226 valence electrons. The number of carboxylic acids is 1. The summed E-state index contributed by atoms with van der Waals surface area (Å²) in [6.45, 7) is 9.94. The summed E-state index contributed by atoms with van der Waals surface area (Å²) < 4.78 is 5.90. The molecule has 7 unspecified atom stereocenters. The first kappa shape index (κ1) is 31.6. The van der Waals surface area contributed by atoms with Crippen LogP contribution in [0.1, 0.15) is 130 Å². The van der Waals surface area contributed by atoms with Gasteiger partial charge >= 0.3 is 11.9 Å². The molecule has 2 saturated carbocycles. The summed E-state index contributed by atoms with van der Waals surface area (Å²) in [6.07, 6.45) is 21.9. The third-order valence-corrected chi connectivity index (χ3v) is 13.0. The normalized spacial score (nSPS) is 35.5. The van der Waals surface area contributed by atoms with Gasteiger partial charge in [-0.3, -0.25) is 14.6 Å². The van der Waals surface area contributed by atoms with Gasteiger partial charge in [-0.1, -0.05) is 58.6 Å². The highest BCUT2D eigenvalue weighted by Crippen LogP contribution is 2.63. The van der Waals surface area contributed by atoms with Gasteiger partial charge in [0.15, 0.2) is 0 Å². The molecule has 2 aliphatic heterocycles. The van der Waals surface area contributed by atoms with Crippen molar-refractivity contribution >= 4 is 29.9 Å². The summed E-state index contributed by atoms with van der Waals surface area (Å²) in [4.78, 5) is 27.3. The third kappa shape index (κ3) is 7.75. The van der Waals surface area contributed by atoms with Crippen LogP contribution in [0.3, 0.4) is 0 Å². The van der Waals surface area contributed by atoms with Gasteiger partial charge in [-0.25, -0.2) is 0 Å². The lowest BCUT2D eigenvalue weighted by Gasteiger charge is -2.44. The summed E-state index contributed by atoms with van der Waals surface area (Å²) >= 11 is 2.33. The molecule has 4 rings (SSSR count). The number of carbonyl (C=O) groups is 2. The molecular formula is C34H55NO4S. The fourth-order valence-corrected chi connectivity index (χ4v) is 10.6. The molecule has 6 heteroatoms. The van der Waals surface area contributed by atoms with Crippen molar-refractivity contribution in [2.24, 2.45) is 33.6 Å². The molecule has 3 fully saturated rings. The average molecular weight is 574 g/mol. The predicted octanol–water partition coefficient (Wildman–Crippen LogP) is 8.65. The first-order valence-corrected chi connectivity index (χ1v) is 17.3. The standard InChI is InChI=1S/C34H55NO4S/c1-24(2)10-7-8-11-25-13-15-28-29-16-14-26-22-27(39-32(38)23-35-21-9-5-6-12-31(36)37)17-19-34(26,4)30(40-29)18-20-33(25,28)3/h14,21,24-25,27-30H,5-13,15-20,22-23H2,1-4H3,(H,36,37)/b35-21+. The van der Waals surface area contributed by atoms with E-state index >= 15 is 0 Å². The molecule has 2 aliphatic carbocycles. The maximum Gasteiger partial charge on any atom is 0.327 e. The number of allylic oxidation sites excluding steroid dienone is 1. The molecule has 4 aliphatic rings. The van der Waals surface area contributed by atoms with E-state index in [-0.39, 0.29) is 30.5 Å². The molecule has 0 aromatic rings. The number of hydrogen-bond acceptors (Lipinski definition) is 5. The Kier molecular flexibility index (Phi) is 11.3. The molecule has 0 aromatic heterocycles. The second-order valence-corrected chi connectivity index (χ2v) is 15.6. The van der Waals surface area contributed by atoms with Gasteiger partial charge in [0.2, 0.25) is 0 Å². The molecule has 7 atom stereocenters. The molecule has 2 heterocycles. The number of thioether (sulfide) groups is 1. The van der Waals surface area contributed by atoms with Crippen molar-refractivity contribution in [3.05, 3.63) is 11.6 Å². The second kappa shape index (κ2) is 14.2. The van der Waals surface area contributed by atoms with E-state index in [1.54, 1.807) is 11.8 Å². The number of ether oxygens (including phenoxy) is 1. The Bertz CT molecular complexity index is 931. The number of aliphatic imine (C=N–C) groups is 1. The minimum atomic E-state index is -0.765. The molecule has 40 heavy (non-hydrogen) atoms. The molecule has 5 nitrogen and oxygen atoms in total. The molecule has 0 radical (unpaired) electrons. The highest BCUT2D eigenvalue weighted by atomic mass is 32.2. The zero-order valence-electron chi connectivity index (χ0n) is 25.7. The minimum absolute atomic E-state index is 0.0327. The van der Waals surface area contributed by atoms with Gasteiger partial charge in [-0.15, -0.1) is 0 Å². The van der Waals surface area contributed by atoms with Gasteiger partial charge < -0.3 is 9.84 Å². The lowest BCUT2D eigenvalue weighted by atomic mass is 9.63. The average Bonchev–Trinajstić information content (AvgIpc) is 3.04. The summed E-state index contributed by atoms with van der Waals surface area (Å²) in [5.41, 5.74) is 2.28. The monoisotopic (exact) mass is 573 g/mol. The number of esters is 1. The lowest BCUT2D eigenvalue weighted by Crippen LogP contribution is -2.39. The Morgan fingerprint density at radius 2 is 1.95 bits per heavy atom. The number of carbonyl (C=O) groups excluding carboxylic acids is 1. The minimum Gasteiger partial charge on any atom is -0.481 e. The number of nitrogens with zero attached hydrogens (tertiary/aromatic N) is 1. The SMILES string of the molecule is CC(C)CCCCC1CCC2C3CC=C4CC(OC(=O)C/N=C/CCCCC(=O)O)CCC4(C)C(CCC12C)S3. The largest absolute Gasteiger partial charge is 0.481 e. The maximum absolute atomic E-state index is 12.5. The van der Waals surface area contributed by atoms with E-state index in [1.807, 2.05) is 0 Å².